The number of rotatable bonds is 3. The highest BCUT2D eigenvalue weighted by molar-refractivity contribution is 6.01. The van der Waals surface area contributed by atoms with Crippen LogP contribution in [-0.4, -0.2) is 25.8 Å². The normalized spacial score (nSPS) is 10.7. The summed E-state index contributed by atoms with van der Waals surface area (Å²) in [5.41, 5.74) is 0.240. The monoisotopic (exact) mass is 282 g/mol. The fourth-order valence-corrected chi connectivity index (χ4v) is 2.13. The van der Waals surface area contributed by atoms with Crippen molar-refractivity contribution in [2.45, 2.75) is 6.54 Å². The molecular formula is C15H14N4O2. The predicted octanol–water partition coefficient (Wildman–Crippen LogP) is 1.60. The van der Waals surface area contributed by atoms with Gasteiger partial charge in [0, 0.05) is 7.05 Å². The number of nitrogens with one attached hydrogen (secondary N) is 1. The van der Waals surface area contributed by atoms with Crippen molar-refractivity contribution < 1.29 is 9.90 Å². The fourth-order valence-electron chi connectivity index (χ4n) is 2.13. The van der Waals surface area contributed by atoms with Gasteiger partial charge in [0.05, 0.1) is 12.1 Å². The number of benzene rings is 2. The molecule has 0 aliphatic heterocycles. The Morgan fingerprint density at radius 1 is 1.29 bits per heavy atom. The summed E-state index contributed by atoms with van der Waals surface area (Å²) in [7, 11) is 1.76. The first-order valence-electron chi connectivity index (χ1n) is 6.48. The van der Waals surface area contributed by atoms with Crippen molar-refractivity contribution in [3.8, 4) is 5.75 Å². The quantitative estimate of drug-likeness (QED) is 0.764. The maximum absolute atomic E-state index is 12.2. The summed E-state index contributed by atoms with van der Waals surface area (Å²) in [6.07, 6.45) is 1.56. The van der Waals surface area contributed by atoms with Crippen LogP contribution in [0.1, 0.15) is 16.2 Å². The molecule has 0 saturated carbocycles. The van der Waals surface area contributed by atoms with Gasteiger partial charge in [-0.05, 0) is 22.9 Å². The second kappa shape index (κ2) is 5.24. The third-order valence-electron chi connectivity index (χ3n) is 3.16. The highest BCUT2D eigenvalue weighted by Gasteiger charge is 2.12. The molecule has 106 valence electrons. The van der Waals surface area contributed by atoms with Gasteiger partial charge in [-0.15, -0.1) is 0 Å². The van der Waals surface area contributed by atoms with Gasteiger partial charge in [-0.2, -0.15) is 5.10 Å². The Bertz CT molecular complexity index is 810. The van der Waals surface area contributed by atoms with Gasteiger partial charge >= 0.3 is 0 Å². The standard InChI is InChI=1S/C15H14N4O2/c1-19-9-17-14(18-19)8-16-15(21)12-6-10-4-2-3-5-11(10)7-13(12)20/h2-7,9,20H,8H2,1H3,(H,16,21). The van der Waals surface area contributed by atoms with E-state index in [4.69, 9.17) is 0 Å². The zero-order chi connectivity index (χ0) is 14.8. The van der Waals surface area contributed by atoms with Crippen LogP contribution < -0.4 is 5.32 Å². The highest BCUT2D eigenvalue weighted by Crippen LogP contribution is 2.24. The van der Waals surface area contributed by atoms with Crippen LogP contribution in [0.2, 0.25) is 0 Å². The molecule has 0 aliphatic carbocycles. The number of aromatic nitrogens is 3. The van der Waals surface area contributed by atoms with E-state index in [1.807, 2.05) is 24.3 Å². The second-order valence-electron chi connectivity index (χ2n) is 4.73. The van der Waals surface area contributed by atoms with Crippen LogP contribution in [0.25, 0.3) is 10.8 Å². The van der Waals surface area contributed by atoms with Gasteiger partial charge in [-0.3, -0.25) is 9.48 Å². The minimum absolute atomic E-state index is 0.0415. The van der Waals surface area contributed by atoms with E-state index < -0.39 is 0 Å². The number of hydrogen-bond acceptors (Lipinski definition) is 4. The lowest BCUT2D eigenvalue weighted by atomic mass is 10.1. The van der Waals surface area contributed by atoms with Crippen molar-refractivity contribution in [3.63, 3.8) is 0 Å². The van der Waals surface area contributed by atoms with Gasteiger partial charge in [0.1, 0.15) is 12.1 Å². The number of hydrogen-bond donors (Lipinski definition) is 2. The average molecular weight is 282 g/mol. The van der Waals surface area contributed by atoms with E-state index in [1.165, 1.54) is 0 Å². The van der Waals surface area contributed by atoms with Crippen LogP contribution >= 0.6 is 0 Å². The lowest BCUT2D eigenvalue weighted by Crippen LogP contribution is -2.23. The van der Waals surface area contributed by atoms with E-state index in [1.54, 1.807) is 30.2 Å². The maximum atomic E-state index is 12.2. The summed E-state index contributed by atoms with van der Waals surface area (Å²) in [5, 5.41) is 18.5. The van der Waals surface area contributed by atoms with Crippen LogP contribution in [0.3, 0.4) is 0 Å². The Labute approximate surface area is 121 Å². The third kappa shape index (κ3) is 2.69. The summed E-state index contributed by atoms with van der Waals surface area (Å²) in [6, 6.07) is 10.8. The molecule has 0 fully saturated rings. The third-order valence-corrected chi connectivity index (χ3v) is 3.16. The average Bonchev–Trinajstić information content (AvgIpc) is 2.89. The summed E-state index contributed by atoms with van der Waals surface area (Å²) in [6.45, 7) is 0.214. The molecule has 0 atom stereocenters. The summed E-state index contributed by atoms with van der Waals surface area (Å²) >= 11 is 0. The number of aromatic hydroxyl groups is 1. The van der Waals surface area contributed by atoms with E-state index in [9.17, 15) is 9.90 Å². The van der Waals surface area contributed by atoms with Crippen molar-refractivity contribution in [2.75, 3.05) is 0 Å². The largest absolute Gasteiger partial charge is 0.507 e. The van der Waals surface area contributed by atoms with Gasteiger partial charge in [-0.1, -0.05) is 24.3 Å². The molecule has 21 heavy (non-hydrogen) atoms. The SMILES string of the molecule is Cn1cnc(CNC(=O)c2cc3ccccc3cc2O)n1. The number of phenols is 1. The predicted molar refractivity (Wildman–Crippen MR) is 77.8 cm³/mol. The molecule has 1 aromatic heterocycles. The Hall–Kier alpha value is -2.89. The number of aryl methyl sites for hydroxylation is 1. The summed E-state index contributed by atoms with van der Waals surface area (Å²) in [5.74, 6) is 0.122. The molecule has 0 unspecified atom stereocenters. The molecule has 3 rings (SSSR count). The van der Waals surface area contributed by atoms with Crippen LogP contribution in [0.5, 0.6) is 5.75 Å². The molecular weight excluding hydrogens is 268 g/mol. The number of nitrogens with zero attached hydrogens (tertiary/aromatic N) is 3. The molecule has 0 spiro atoms. The summed E-state index contributed by atoms with van der Waals surface area (Å²) < 4.78 is 1.56. The van der Waals surface area contributed by atoms with Crippen LogP contribution in [0, 0.1) is 0 Å². The second-order valence-corrected chi connectivity index (χ2v) is 4.73. The minimum Gasteiger partial charge on any atom is -0.507 e. The van der Waals surface area contributed by atoms with E-state index >= 15 is 0 Å². The zero-order valence-corrected chi connectivity index (χ0v) is 11.4. The van der Waals surface area contributed by atoms with Crippen molar-refractivity contribution in [1.29, 1.82) is 0 Å². The first kappa shape index (κ1) is 13.1. The smallest absolute Gasteiger partial charge is 0.255 e. The Balaban J connectivity index is 1.82. The van der Waals surface area contributed by atoms with Crippen molar-refractivity contribution in [3.05, 3.63) is 54.1 Å². The number of phenolic OH excluding ortho intramolecular Hbond substituents is 1. The van der Waals surface area contributed by atoms with Crippen LogP contribution in [0.4, 0.5) is 0 Å². The maximum Gasteiger partial charge on any atom is 0.255 e. The van der Waals surface area contributed by atoms with E-state index in [0.29, 0.717) is 5.82 Å². The van der Waals surface area contributed by atoms with Crippen molar-refractivity contribution in [2.24, 2.45) is 7.05 Å². The Kier molecular flexibility index (Phi) is 3.27. The molecule has 1 amide bonds. The highest BCUT2D eigenvalue weighted by atomic mass is 16.3. The molecule has 0 bridgehead atoms. The van der Waals surface area contributed by atoms with Gasteiger partial charge in [0.25, 0.3) is 5.91 Å². The molecule has 1 heterocycles. The van der Waals surface area contributed by atoms with Crippen LogP contribution in [0.15, 0.2) is 42.7 Å². The molecule has 2 N–H and O–H groups in total. The summed E-state index contributed by atoms with van der Waals surface area (Å²) in [4.78, 5) is 16.2. The van der Waals surface area contributed by atoms with Gasteiger partial charge in [-0.25, -0.2) is 4.98 Å². The molecule has 6 nitrogen and oxygen atoms in total. The molecule has 2 aromatic carbocycles. The Morgan fingerprint density at radius 2 is 2.00 bits per heavy atom. The minimum atomic E-state index is -0.356. The molecule has 0 aliphatic rings. The lowest BCUT2D eigenvalue weighted by Gasteiger charge is -2.07. The van der Waals surface area contributed by atoms with Crippen molar-refractivity contribution >= 4 is 16.7 Å². The van der Waals surface area contributed by atoms with Gasteiger partial charge in [0.2, 0.25) is 0 Å². The van der Waals surface area contributed by atoms with E-state index in [2.05, 4.69) is 15.4 Å². The molecule has 3 aromatic rings. The zero-order valence-electron chi connectivity index (χ0n) is 11.4. The van der Waals surface area contributed by atoms with Gasteiger partial charge < -0.3 is 10.4 Å². The first-order chi connectivity index (χ1) is 10.1. The number of carbonyl (C=O) groups is 1. The van der Waals surface area contributed by atoms with E-state index in [0.717, 1.165) is 10.8 Å². The first-order valence-corrected chi connectivity index (χ1v) is 6.48. The topological polar surface area (TPSA) is 80.0 Å². The number of amides is 1. The lowest BCUT2D eigenvalue weighted by molar-refractivity contribution is 0.0947. The number of fused-ring (bicyclic) bond motifs is 1. The van der Waals surface area contributed by atoms with Crippen LogP contribution in [-0.2, 0) is 13.6 Å². The molecule has 0 saturated heterocycles. The molecule has 0 radical (unpaired) electrons. The number of carbonyl (C=O) groups excluding carboxylic acids is 1. The fraction of sp³-hybridized carbons (Fsp3) is 0.133. The van der Waals surface area contributed by atoms with Gasteiger partial charge in [0.15, 0.2) is 5.82 Å². The Morgan fingerprint density at radius 3 is 2.67 bits per heavy atom. The molecule has 6 heteroatoms. The van der Waals surface area contributed by atoms with Crippen molar-refractivity contribution in [1.82, 2.24) is 20.1 Å². The van der Waals surface area contributed by atoms with E-state index in [-0.39, 0.29) is 23.8 Å².